The number of hydrogen-bond acceptors (Lipinski definition) is 6. The topological polar surface area (TPSA) is 108 Å². The number of carbonyl (C=O) groups excluding carboxylic acids is 4. The summed E-state index contributed by atoms with van der Waals surface area (Å²) in [5, 5.41) is 9.55. The van der Waals surface area contributed by atoms with E-state index in [1.807, 2.05) is 6.07 Å². The van der Waals surface area contributed by atoms with Crippen LogP contribution < -0.4 is 16.0 Å². The lowest BCUT2D eigenvalue weighted by Gasteiger charge is -2.57. The molecule has 1 saturated heterocycles. The van der Waals surface area contributed by atoms with Crippen LogP contribution in [0.3, 0.4) is 0 Å². The van der Waals surface area contributed by atoms with Gasteiger partial charge >= 0.3 is 0 Å². The summed E-state index contributed by atoms with van der Waals surface area (Å²) >= 11 is 0. The summed E-state index contributed by atoms with van der Waals surface area (Å²) in [5.74, 6) is 0.964. The summed E-state index contributed by atoms with van der Waals surface area (Å²) in [5.41, 5.74) is 1.82. The second-order valence-corrected chi connectivity index (χ2v) is 11.5. The van der Waals surface area contributed by atoms with Gasteiger partial charge in [-0.2, -0.15) is 0 Å². The van der Waals surface area contributed by atoms with E-state index in [0.29, 0.717) is 16.7 Å². The maximum Gasteiger partial charge on any atom is 0.262 e. The molecule has 0 radical (unpaired) electrons. The fraction of sp³-hybridized carbons (Fsp3) is 0.630. The Balaban J connectivity index is 0.994. The van der Waals surface area contributed by atoms with E-state index in [2.05, 4.69) is 16.0 Å². The van der Waals surface area contributed by atoms with Gasteiger partial charge in [-0.3, -0.25) is 29.4 Å². The van der Waals surface area contributed by atoms with E-state index in [4.69, 9.17) is 0 Å². The summed E-state index contributed by atoms with van der Waals surface area (Å²) in [6.07, 6.45) is 10.9. The van der Waals surface area contributed by atoms with Gasteiger partial charge in [0.25, 0.3) is 11.8 Å². The maximum absolute atomic E-state index is 13.0. The SMILES string of the molecule is O=C1CCC(N2C(=O)c3ccc(NCCCCNC45CC6CC(CC(C6)C4)C5)cc3C2=O)C(=O)N1. The number of imide groups is 2. The minimum atomic E-state index is -0.932. The minimum Gasteiger partial charge on any atom is -0.385 e. The van der Waals surface area contributed by atoms with Gasteiger partial charge in [0.15, 0.2) is 0 Å². The third-order valence-electron chi connectivity index (χ3n) is 8.91. The fourth-order valence-corrected chi connectivity index (χ4v) is 7.74. The molecule has 0 aromatic heterocycles. The highest BCUT2D eigenvalue weighted by Crippen LogP contribution is 2.55. The highest BCUT2D eigenvalue weighted by Gasteiger charge is 2.50. The number of piperidine rings is 1. The van der Waals surface area contributed by atoms with Gasteiger partial charge < -0.3 is 10.6 Å². The van der Waals surface area contributed by atoms with Gasteiger partial charge in [-0.05, 0) is 100 Å². The number of benzene rings is 1. The van der Waals surface area contributed by atoms with Crippen molar-refractivity contribution >= 4 is 29.3 Å². The average Bonchev–Trinajstić information content (AvgIpc) is 3.05. The van der Waals surface area contributed by atoms with Crippen LogP contribution in [0.25, 0.3) is 0 Å². The van der Waals surface area contributed by atoms with Crippen molar-refractivity contribution in [3.63, 3.8) is 0 Å². The van der Waals surface area contributed by atoms with Crippen LogP contribution in [0.2, 0.25) is 0 Å². The quantitative estimate of drug-likeness (QED) is 0.392. The summed E-state index contributed by atoms with van der Waals surface area (Å²) in [7, 11) is 0. The number of anilines is 1. The number of unbranched alkanes of at least 4 members (excludes halogenated alkanes) is 1. The van der Waals surface area contributed by atoms with Crippen molar-refractivity contribution in [1.29, 1.82) is 0 Å². The van der Waals surface area contributed by atoms with E-state index >= 15 is 0 Å². The molecule has 0 spiro atoms. The van der Waals surface area contributed by atoms with E-state index in [1.165, 1.54) is 38.5 Å². The van der Waals surface area contributed by atoms with Gasteiger partial charge in [0.05, 0.1) is 11.1 Å². The Bertz CT molecular complexity index is 1050. The number of amides is 4. The highest BCUT2D eigenvalue weighted by atomic mass is 16.2. The van der Waals surface area contributed by atoms with Gasteiger partial charge in [-0.15, -0.1) is 0 Å². The first-order chi connectivity index (χ1) is 16.9. The zero-order chi connectivity index (χ0) is 24.2. The number of rotatable bonds is 8. The monoisotopic (exact) mass is 478 g/mol. The Morgan fingerprint density at radius 3 is 2.23 bits per heavy atom. The molecular formula is C27H34N4O4. The van der Waals surface area contributed by atoms with E-state index < -0.39 is 23.8 Å². The molecule has 6 aliphatic rings. The molecule has 5 fully saturated rings. The molecule has 186 valence electrons. The van der Waals surface area contributed by atoms with Gasteiger partial charge in [0.2, 0.25) is 11.8 Å². The van der Waals surface area contributed by atoms with Gasteiger partial charge in [0.1, 0.15) is 6.04 Å². The molecule has 1 aromatic rings. The molecule has 1 atom stereocenters. The second kappa shape index (κ2) is 8.73. The molecule has 8 heteroatoms. The predicted molar refractivity (Wildman–Crippen MR) is 130 cm³/mol. The van der Waals surface area contributed by atoms with Crippen molar-refractivity contribution in [2.75, 3.05) is 18.4 Å². The Hall–Kier alpha value is -2.74. The summed E-state index contributed by atoms with van der Waals surface area (Å²) < 4.78 is 0. The first-order valence-electron chi connectivity index (χ1n) is 13.3. The molecular weight excluding hydrogens is 444 g/mol. The third kappa shape index (κ3) is 4.15. The summed E-state index contributed by atoms with van der Waals surface area (Å²) in [4.78, 5) is 50.4. The van der Waals surface area contributed by atoms with E-state index in [0.717, 1.165) is 54.3 Å². The molecule has 2 aliphatic heterocycles. The van der Waals surface area contributed by atoms with Crippen molar-refractivity contribution in [2.24, 2.45) is 17.8 Å². The number of carbonyl (C=O) groups is 4. The first-order valence-corrected chi connectivity index (χ1v) is 13.3. The molecule has 7 rings (SSSR count). The van der Waals surface area contributed by atoms with E-state index in [9.17, 15) is 19.2 Å². The molecule has 1 aromatic carbocycles. The van der Waals surface area contributed by atoms with Crippen molar-refractivity contribution in [2.45, 2.75) is 75.8 Å². The lowest BCUT2D eigenvalue weighted by Crippen LogP contribution is -2.58. The van der Waals surface area contributed by atoms with Crippen LogP contribution in [-0.4, -0.2) is 53.2 Å². The second-order valence-electron chi connectivity index (χ2n) is 11.5. The zero-order valence-corrected chi connectivity index (χ0v) is 20.1. The third-order valence-corrected chi connectivity index (χ3v) is 8.91. The van der Waals surface area contributed by atoms with Crippen LogP contribution >= 0.6 is 0 Å². The number of nitrogens with zero attached hydrogens (tertiary/aromatic N) is 1. The summed E-state index contributed by atoms with van der Waals surface area (Å²) in [6.45, 7) is 1.84. The van der Waals surface area contributed by atoms with Crippen molar-refractivity contribution < 1.29 is 19.2 Å². The molecule has 4 bridgehead atoms. The van der Waals surface area contributed by atoms with Crippen LogP contribution in [0.1, 0.15) is 84.9 Å². The summed E-state index contributed by atoms with van der Waals surface area (Å²) in [6, 6.07) is 4.23. The Morgan fingerprint density at radius 2 is 1.54 bits per heavy atom. The largest absolute Gasteiger partial charge is 0.385 e. The van der Waals surface area contributed by atoms with Crippen LogP contribution in [0, 0.1) is 17.8 Å². The number of fused-ring (bicyclic) bond motifs is 1. The molecule has 4 amide bonds. The molecule has 1 unspecified atom stereocenters. The Kier molecular flexibility index (Phi) is 5.66. The highest BCUT2D eigenvalue weighted by molar-refractivity contribution is 6.23. The Labute approximate surface area is 205 Å². The molecule has 8 nitrogen and oxygen atoms in total. The number of hydrogen-bond donors (Lipinski definition) is 3. The lowest BCUT2D eigenvalue weighted by atomic mass is 9.53. The first kappa shape index (κ1) is 22.7. The number of nitrogens with one attached hydrogen (secondary N) is 3. The van der Waals surface area contributed by atoms with Crippen molar-refractivity contribution in [3.8, 4) is 0 Å². The fourth-order valence-electron chi connectivity index (χ4n) is 7.74. The van der Waals surface area contributed by atoms with Crippen molar-refractivity contribution in [1.82, 2.24) is 15.5 Å². The van der Waals surface area contributed by atoms with E-state index in [1.54, 1.807) is 12.1 Å². The maximum atomic E-state index is 13.0. The van der Waals surface area contributed by atoms with E-state index in [-0.39, 0.29) is 18.7 Å². The predicted octanol–water partition coefficient (Wildman–Crippen LogP) is 2.84. The van der Waals surface area contributed by atoms with Crippen LogP contribution in [-0.2, 0) is 9.59 Å². The van der Waals surface area contributed by atoms with Gasteiger partial charge in [-0.25, -0.2) is 0 Å². The van der Waals surface area contributed by atoms with Crippen molar-refractivity contribution in [3.05, 3.63) is 29.3 Å². The van der Waals surface area contributed by atoms with Crippen LogP contribution in [0.4, 0.5) is 5.69 Å². The Morgan fingerprint density at radius 1 is 0.886 bits per heavy atom. The minimum absolute atomic E-state index is 0.119. The molecule has 35 heavy (non-hydrogen) atoms. The van der Waals surface area contributed by atoms with Gasteiger partial charge in [-0.1, -0.05) is 0 Å². The molecule has 4 saturated carbocycles. The molecule has 4 aliphatic carbocycles. The smallest absolute Gasteiger partial charge is 0.262 e. The normalized spacial score (nSPS) is 33.3. The van der Waals surface area contributed by atoms with Gasteiger partial charge in [0, 0.05) is 24.2 Å². The zero-order valence-electron chi connectivity index (χ0n) is 20.1. The molecule has 2 heterocycles. The van der Waals surface area contributed by atoms with Crippen LogP contribution in [0.15, 0.2) is 18.2 Å². The molecule has 3 N–H and O–H groups in total. The lowest BCUT2D eigenvalue weighted by molar-refractivity contribution is -0.136. The average molecular weight is 479 g/mol. The standard InChI is InChI=1S/C27H34N4O4/c32-23-6-5-22(24(33)30-23)31-25(34)20-4-3-19(12-21(20)26(31)35)28-7-1-2-8-29-27-13-16-9-17(14-27)11-18(10-16)15-27/h3-4,12,16-18,22,28-29H,1-2,5-11,13-15H2,(H,30,32,33). The van der Waals surface area contributed by atoms with Crippen LogP contribution in [0.5, 0.6) is 0 Å².